The Hall–Kier alpha value is -1.62. The molecule has 0 bridgehead atoms. The van der Waals surface area contributed by atoms with Crippen LogP contribution in [0, 0.1) is 6.92 Å². The van der Waals surface area contributed by atoms with Gasteiger partial charge in [0.25, 0.3) is 0 Å². The van der Waals surface area contributed by atoms with Crippen molar-refractivity contribution in [3.05, 3.63) is 28.0 Å². The summed E-state index contributed by atoms with van der Waals surface area (Å²) in [5.41, 5.74) is 0. The fraction of sp³-hybridized carbons (Fsp3) is 0.385. The highest BCUT2D eigenvalue weighted by Crippen LogP contribution is 2.16. The van der Waals surface area contributed by atoms with Crippen molar-refractivity contribution in [2.45, 2.75) is 13.8 Å². The molecule has 98 valence electrons. The van der Waals surface area contributed by atoms with Gasteiger partial charge in [-0.15, -0.1) is 11.3 Å². The molecule has 0 atom stereocenters. The van der Waals surface area contributed by atoms with E-state index >= 15 is 0 Å². The summed E-state index contributed by atoms with van der Waals surface area (Å²) in [4.78, 5) is 26.4. The molecule has 0 saturated heterocycles. The molecule has 1 aromatic heterocycles. The van der Waals surface area contributed by atoms with E-state index in [0.29, 0.717) is 6.61 Å². The molecule has 0 aliphatic carbocycles. The molecule has 0 aromatic carbocycles. The van der Waals surface area contributed by atoms with E-state index < -0.39 is 5.97 Å². The van der Waals surface area contributed by atoms with Crippen LogP contribution in [0.5, 0.6) is 0 Å². The molecule has 0 fully saturated rings. The second kappa shape index (κ2) is 6.96. The lowest BCUT2D eigenvalue weighted by molar-refractivity contribution is -0.146. The van der Waals surface area contributed by atoms with Crippen LogP contribution in [-0.2, 0) is 14.3 Å². The van der Waals surface area contributed by atoms with Crippen molar-refractivity contribution in [1.82, 2.24) is 4.90 Å². The lowest BCUT2D eigenvalue weighted by atomic mass is 10.3. The lowest BCUT2D eigenvalue weighted by Crippen LogP contribution is -2.31. The van der Waals surface area contributed by atoms with Crippen LogP contribution in [0.25, 0.3) is 6.08 Å². The van der Waals surface area contributed by atoms with E-state index in [2.05, 4.69) is 0 Å². The molecule has 0 saturated carbocycles. The summed E-state index contributed by atoms with van der Waals surface area (Å²) in [5, 5.41) is 0. The molecular weight excluding hydrogens is 250 g/mol. The highest BCUT2D eigenvalue weighted by atomic mass is 32.1. The van der Waals surface area contributed by atoms with Crippen LogP contribution in [-0.4, -0.2) is 37.0 Å². The van der Waals surface area contributed by atoms with E-state index in [4.69, 9.17) is 4.74 Å². The summed E-state index contributed by atoms with van der Waals surface area (Å²) in [6.07, 6.45) is 3.21. The van der Waals surface area contributed by atoms with Crippen LogP contribution in [0.4, 0.5) is 0 Å². The number of thiophene rings is 1. The third-order valence-corrected chi connectivity index (χ3v) is 3.17. The second-order valence-electron chi connectivity index (χ2n) is 3.78. The Kier molecular flexibility index (Phi) is 5.58. The number of hydrogen-bond acceptors (Lipinski definition) is 4. The lowest BCUT2D eigenvalue weighted by Gasteiger charge is -2.13. The van der Waals surface area contributed by atoms with E-state index in [0.717, 1.165) is 4.88 Å². The van der Waals surface area contributed by atoms with Gasteiger partial charge in [-0.25, -0.2) is 0 Å². The number of nitrogens with zero attached hydrogens (tertiary/aromatic N) is 1. The Morgan fingerprint density at radius 2 is 2.17 bits per heavy atom. The monoisotopic (exact) mass is 267 g/mol. The number of likely N-dealkylation sites (N-methyl/N-ethyl adjacent to an activating group) is 1. The summed E-state index contributed by atoms with van der Waals surface area (Å²) in [5.74, 6) is -0.608. The maximum atomic E-state index is 11.7. The van der Waals surface area contributed by atoms with E-state index in [1.165, 1.54) is 15.9 Å². The molecule has 1 aromatic rings. The first-order chi connectivity index (χ1) is 8.52. The Morgan fingerprint density at radius 3 is 2.72 bits per heavy atom. The number of hydrogen-bond donors (Lipinski definition) is 0. The Labute approximate surface area is 111 Å². The molecule has 0 N–H and O–H groups in total. The van der Waals surface area contributed by atoms with Crippen LogP contribution in [0.15, 0.2) is 18.2 Å². The zero-order valence-electron chi connectivity index (χ0n) is 10.8. The summed E-state index contributed by atoms with van der Waals surface area (Å²) in [6.45, 7) is 4.04. The average Bonchev–Trinajstić information content (AvgIpc) is 2.72. The minimum Gasteiger partial charge on any atom is -0.465 e. The highest BCUT2D eigenvalue weighted by molar-refractivity contribution is 7.12. The van der Waals surface area contributed by atoms with Crippen molar-refractivity contribution in [2.24, 2.45) is 0 Å². The molecule has 18 heavy (non-hydrogen) atoms. The highest BCUT2D eigenvalue weighted by Gasteiger charge is 2.10. The van der Waals surface area contributed by atoms with E-state index in [9.17, 15) is 9.59 Å². The van der Waals surface area contributed by atoms with Crippen molar-refractivity contribution < 1.29 is 14.3 Å². The third kappa shape index (κ3) is 4.71. The van der Waals surface area contributed by atoms with Crippen molar-refractivity contribution >= 4 is 29.3 Å². The second-order valence-corrected chi connectivity index (χ2v) is 5.10. The molecule has 1 heterocycles. The molecule has 0 aliphatic rings. The van der Waals surface area contributed by atoms with Gasteiger partial charge < -0.3 is 9.64 Å². The average molecular weight is 267 g/mol. The number of aryl methyl sites for hydroxylation is 1. The number of rotatable bonds is 5. The third-order valence-electron chi connectivity index (χ3n) is 2.20. The summed E-state index contributed by atoms with van der Waals surface area (Å²) in [7, 11) is 1.57. The number of esters is 1. The Morgan fingerprint density at radius 1 is 1.44 bits per heavy atom. The minimum absolute atomic E-state index is 0.0273. The van der Waals surface area contributed by atoms with Crippen LogP contribution in [0.3, 0.4) is 0 Å². The van der Waals surface area contributed by atoms with E-state index in [1.54, 1.807) is 31.4 Å². The van der Waals surface area contributed by atoms with Crippen molar-refractivity contribution in [1.29, 1.82) is 0 Å². The Balaban J connectivity index is 2.49. The van der Waals surface area contributed by atoms with E-state index in [-0.39, 0.29) is 12.5 Å². The van der Waals surface area contributed by atoms with Crippen LogP contribution in [0.2, 0.25) is 0 Å². The zero-order valence-corrected chi connectivity index (χ0v) is 11.6. The van der Waals surface area contributed by atoms with Crippen molar-refractivity contribution in [3.8, 4) is 0 Å². The normalized spacial score (nSPS) is 10.6. The largest absolute Gasteiger partial charge is 0.465 e. The van der Waals surface area contributed by atoms with Gasteiger partial charge in [0, 0.05) is 22.9 Å². The number of carbonyl (C=O) groups excluding carboxylic acids is 2. The molecule has 5 heteroatoms. The Bertz CT molecular complexity index is 451. The fourth-order valence-electron chi connectivity index (χ4n) is 1.30. The molecule has 1 rings (SSSR count). The SMILES string of the molecule is CCOC(=O)CN(C)C(=O)/C=C/c1ccc(C)s1. The van der Waals surface area contributed by atoms with Gasteiger partial charge in [0.15, 0.2) is 0 Å². The van der Waals surface area contributed by atoms with Crippen LogP contribution >= 0.6 is 11.3 Å². The molecule has 4 nitrogen and oxygen atoms in total. The van der Waals surface area contributed by atoms with Crippen LogP contribution in [0.1, 0.15) is 16.7 Å². The summed E-state index contributed by atoms with van der Waals surface area (Å²) in [6, 6.07) is 3.95. The molecule has 0 unspecified atom stereocenters. The van der Waals surface area contributed by atoms with Gasteiger partial charge in [0.1, 0.15) is 6.54 Å². The summed E-state index contributed by atoms with van der Waals surface area (Å²) < 4.78 is 4.77. The van der Waals surface area contributed by atoms with Gasteiger partial charge in [0.2, 0.25) is 5.91 Å². The molecule has 0 radical (unpaired) electrons. The first-order valence-electron chi connectivity index (χ1n) is 5.68. The molecule has 0 spiro atoms. The predicted molar refractivity (Wildman–Crippen MR) is 72.4 cm³/mol. The van der Waals surface area contributed by atoms with Gasteiger partial charge in [-0.1, -0.05) is 0 Å². The van der Waals surface area contributed by atoms with E-state index in [1.807, 2.05) is 19.1 Å². The van der Waals surface area contributed by atoms with Gasteiger partial charge in [0.05, 0.1) is 6.61 Å². The predicted octanol–water partition coefficient (Wildman–Crippen LogP) is 2.09. The van der Waals surface area contributed by atoms with Crippen molar-refractivity contribution in [3.63, 3.8) is 0 Å². The molecular formula is C13H17NO3S. The standard InChI is InChI=1S/C13H17NO3S/c1-4-17-13(16)9-14(3)12(15)8-7-11-6-5-10(2)18-11/h5-8H,4,9H2,1-3H3/b8-7+. The van der Waals surface area contributed by atoms with Crippen LogP contribution < -0.4 is 0 Å². The number of ether oxygens (including phenoxy) is 1. The summed E-state index contributed by atoms with van der Waals surface area (Å²) >= 11 is 1.61. The first kappa shape index (κ1) is 14.4. The zero-order chi connectivity index (χ0) is 13.5. The quantitative estimate of drug-likeness (QED) is 0.606. The number of amides is 1. The first-order valence-corrected chi connectivity index (χ1v) is 6.49. The maximum Gasteiger partial charge on any atom is 0.325 e. The number of carbonyl (C=O) groups is 2. The van der Waals surface area contributed by atoms with Gasteiger partial charge in [-0.3, -0.25) is 9.59 Å². The molecule has 1 amide bonds. The van der Waals surface area contributed by atoms with Crippen molar-refractivity contribution in [2.75, 3.05) is 20.2 Å². The van der Waals surface area contributed by atoms with Gasteiger partial charge in [-0.2, -0.15) is 0 Å². The van der Waals surface area contributed by atoms with Gasteiger partial charge in [-0.05, 0) is 32.1 Å². The maximum absolute atomic E-state index is 11.7. The fourth-order valence-corrected chi connectivity index (χ4v) is 2.08. The van der Waals surface area contributed by atoms with Gasteiger partial charge >= 0.3 is 5.97 Å². The smallest absolute Gasteiger partial charge is 0.325 e. The molecule has 0 aliphatic heterocycles. The topological polar surface area (TPSA) is 46.6 Å². The minimum atomic E-state index is -0.395.